The Labute approximate surface area is 122 Å². The number of halogens is 1. The number of carbonyl (C=O) groups is 1. The van der Waals surface area contributed by atoms with Gasteiger partial charge in [-0.25, -0.2) is 4.79 Å². The highest BCUT2D eigenvalue weighted by molar-refractivity contribution is 9.10. The Balaban J connectivity index is 2.02. The molecule has 0 amide bonds. The van der Waals surface area contributed by atoms with E-state index >= 15 is 0 Å². The first-order valence-electron chi connectivity index (χ1n) is 6.72. The van der Waals surface area contributed by atoms with Gasteiger partial charge in [0.05, 0.1) is 6.61 Å². The van der Waals surface area contributed by atoms with E-state index in [2.05, 4.69) is 22.9 Å². The number of carboxylic acid groups (broad SMARTS) is 1. The van der Waals surface area contributed by atoms with E-state index in [0.29, 0.717) is 18.3 Å². The van der Waals surface area contributed by atoms with Gasteiger partial charge in [0.1, 0.15) is 11.3 Å². The van der Waals surface area contributed by atoms with Crippen LogP contribution in [0.4, 0.5) is 0 Å². The lowest BCUT2D eigenvalue weighted by molar-refractivity contribution is 0.0690. The Hall–Kier alpha value is -1.03. The molecule has 4 heteroatoms. The van der Waals surface area contributed by atoms with Crippen molar-refractivity contribution >= 4 is 21.9 Å². The molecule has 1 aliphatic rings. The van der Waals surface area contributed by atoms with Crippen LogP contribution in [0, 0.1) is 11.8 Å². The van der Waals surface area contributed by atoms with Crippen LogP contribution in [0.15, 0.2) is 22.7 Å². The Morgan fingerprint density at radius 1 is 1.47 bits per heavy atom. The molecule has 0 bridgehead atoms. The molecule has 3 nitrogen and oxygen atoms in total. The summed E-state index contributed by atoms with van der Waals surface area (Å²) >= 11 is 3.35. The predicted octanol–water partition coefficient (Wildman–Crippen LogP) is 4.35. The summed E-state index contributed by atoms with van der Waals surface area (Å²) in [6.45, 7) is 2.88. The molecule has 0 aromatic heterocycles. The van der Waals surface area contributed by atoms with Crippen LogP contribution in [0.1, 0.15) is 43.0 Å². The molecular weight excluding hydrogens is 308 g/mol. The van der Waals surface area contributed by atoms with Gasteiger partial charge in [-0.15, -0.1) is 0 Å². The van der Waals surface area contributed by atoms with E-state index in [1.807, 2.05) is 0 Å². The zero-order valence-electron chi connectivity index (χ0n) is 11.1. The maximum Gasteiger partial charge on any atom is 0.339 e. The molecule has 1 saturated carbocycles. The number of hydrogen-bond donors (Lipinski definition) is 1. The van der Waals surface area contributed by atoms with E-state index in [-0.39, 0.29) is 5.56 Å². The molecule has 2 unspecified atom stereocenters. The number of carboxylic acids is 1. The summed E-state index contributed by atoms with van der Waals surface area (Å²) < 4.78 is 6.59. The van der Waals surface area contributed by atoms with Crippen LogP contribution < -0.4 is 4.74 Å². The highest BCUT2D eigenvalue weighted by Crippen LogP contribution is 2.30. The van der Waals surface area contributed by atoms with Gasteiger partial charge in [0, 0.05) is 4.47 Å². The van der Waals surface area contributed by atoms with Gasteiger partial charge in [0.15, 0.2) is 0 Å². The first-order valence-corrected chi connectivity index (χ1v) is 7.51. The average Bonchev–Trinajstić information content (AvgIpc) is 2.36. The second-order valence-corrected chi connectivity index (χ2v) is 6.31. The predicted molar refractivity (Wildman–Crippen MR) is 77.7 cm³/mol. The maximum absolute atomic E-state index is 11.1. The fourth-order valence-corrected chi connectivity index (χ4v) is 3.05. The van der Waals surface area contributed by atoms with Crippen LogP contribution in [0.3, 0.4) is 0 Å². The highest BCUT2D eigenvalue weighted by Gasteiger charge is 2.20. The van der Waals surface area contributed by atoms with Gasteiger partial charge >= 0.3 is 5.97 Å². The van der Waals surface area contributed by atoms with E-state index < -0.39 is 5.97 Å². The standard InChI is InChI=1S/C15H19BrO3/c1-10-3-2-4-11(7-10)9-19-14-8-12(16)5-6-13(14)15(17)18/h5-6,8,10-11H,2-4,7,9H2,1H3,(H,17,18). The molecule has 19 heavy (non-hydrogen) atoms. The fourth-order valence-electron chi connectivity index (χ4n) is 2.71. The largest absolute Gasteiger partial charge is 0.492 e. The van der Waals surface area contributed by atoms with Crippen molar-refractivity contribution < 1.29 is 14.6 Å². The van der Waals surface area contributed by atoms with Gasteiger partial charge in [-0.05, 0) is 42.9 Å². The first kappa shape index (κ1) is 14.4. The summed E-state index contributed by atoms with van der Waals surface area (Å²) in [6.07, 6.45) is 4.91. The van der Waals surface area contributed by atoms with Crippen molar-refractivity contribution in [2.75, 3.05) is 6.61 Å². The van der Waals surface area contributed by atoms with Crippen molar-refractivity contribution in [1.82, 2.24) is 0 Å². The highest BCUT2D eigenvalue weighted by atomic mass is 79.9. The summed E-state index contributed by atoms with van der Waals surface area (Å²) in [5.41, 5.74) is 0.229. The summed E-state index contributed by atoms with van der Waals surface area (Å²) in [5.74, 6) is 0.813. The molecular formula is C15H19BrO3. The molecule has 1 aromatic rings. The van der Waals surface area contributed by atoms with Crippen molar-refractivity contribution in [3.63, 3.8) is 0 Å². The zero-order valence-corrected chi connectivity index (χ0v) is 12.6. The number of aromatic carboxylic acids is 1. The summed E-state index contributed by atoms with van der Waals surface area (Å²) in [7, 11) is 0. The summed E-state index contributed by atoms with van der Waals surface area (Å²) in [4.78, 5) is 11.1. The molecule has 2 atom stereocenters. The van der Waals surface area contributed by atoms with Gasteiger partial charge < -0.3 is 9.84 Å². The monoisotopic (exact) mass is 326 g/mol. The fraction of sp³-hybridized carbons (Fsp3) is 0.533. The van der Waals surface area contributed by atoms with Gasteiger partial charge in [-0.3, -0.25) is 0 Å². The molecule has 1 aromatic carbocycles. The van der Waals surface area contributed by atoms with E-state index in [4.69, 9.17) is 9.84 Å². The van der Waals surface area contributed by atoms with Gasteiger partial charge in [0.25, 0.3) is 0 Å². The Morgan fingerprint density at radius 3 is 2.95 bits per heavy atom. The van der Waals surface area contributed by atoms with E-state index in [9.17, 15) is 4.79 Å². The van der Waals surface area contributed by atoms with Crippen LogP contribution in [-0.4, -0.2) is 17.7 Å². The Kier molecular flexibility index (Phi) is 4.86. The number of hydrogen-bond acceptors (Lipinski definition) is 2. The van der Waals surface area contributed by atoms with Crippen LogP contribution in [-0.2, 0) is 0 Å². The topological polar surface area (TPSA) is 46.5 Å². The SMILES string of the molecule is CC1CCCC(COc2cc(Br)ccc2C(=O)O)C1. The Bertz CT molecular complexity index is 459. The van der Waals surface area contributed by atoms with Gasteiger partial charge in [-0.1, -0.05) is 35.7 Å². The van der Waals surface area contributed by atoms with E-state index in [1.54, 1.807) is 18.2 Å². The zero-order chi connectivity index (χ0) is 13.8. The third-order valence-electron chi connectivity index (χ3n) is 3.69. The first-order chi connectivity index (χ1) is 9.06. The van der Waals surface area contributed by atoms with Crippen molar-refractivity contribution in [2.24, 2.45) is 11.8 Å². The molecule has 1 aliphatic carbocycles. The minimum absolute atomic E-state index is 0.229. The maximum atomic E-state index is 11.1. The van der Waals surface area contributed by atoms with Gasteiger partial charge in [0.2, 0.25) is 0 Å². The molecule has 0 aliphatic heterocycles. The van der Waals surface area contributed by atoms with Crippen LogP contribution in [0.5, 0.6) is 5.75 Å². The van der Waals surface area contributed by atoms with Crippen molar-refractivity contribution in [3.8, 4) is 5.75 Å². The normalized spacial score (nSPS) is 23.1. The van der Waals surface area contributed by atoms with Crippen molar-refractivity contribution in [2.45, 2.75) is 32.6 Å². The lowest BCUT2D eigenvalue weighted by Gasteiger charge is -2.26. The minimum atomic E-state index is -0.945. The van der Waals surface area contributed by atoms with E-state index in [1.165, 1.54) is 25.7 Å². The summed E-state index contributed by atoms with van der Waals surface area (Å²) in [6, 6.07) is 5.03. The number of rotatable bonds is 4. The minimum Gasteiger partial charge on any atom is -0.492 e. The van der Waals surface area contributed by atoms with Crippen molar-refractivity contribution in [3.05, 3.63) is 28.2 Å². The molecule has 104 valence electrons. The quantitative estimate of drug-likeness (QED) is 0.894. The second-order valence-electron chi connectivity index (χ2n) is 5.39. The second kappa shape index (κ2) is 6.42. The van der Waals surface area contributed by atoms with Crippen LogP contribution in [0.25, 0.3) is 0 Å². The third kappa shape index (κ3) is 3.96. The molecule has 0 saturated heterocycles. The molecule has 1 N–H and O–H groups in total. The lowest BCUT2D eigenvalue weighted by Crippen LogP contribution is -2.20. The van der Waals surface area contributed by atoms with Crippen LogP contribution >= 0.6 is 15.9 Å². The van der Waals surface area contributed by atoms with Crippen molar-refractivity contribution in [1.29, 1.82) is 0 Å². The molecule has 2 rings (SSSR count). The average molecular weight is 327 g/mol. The number of ether oxygens (including phenoxy) is 1. The molecule has 0 spiro atoms. The number of benzene rings is 1. The molecule has 0 radical (unpaired) electrons. The lowest BCUT2D eigenvalue weighted by atomic mass is 9.83. The van der Waals surface area contributed by atoms with Crippen LogP contribution in [0.2, 0.25) is 0 Å². The molecule has 0 heterocycles. The van der Waals surface area contributed by atoms with Gasteiger partial charge in [-0.2, -0.15) is 0 Å². The van der Waals surface area contributed by atoms with E-state index in [0.717, 1.165) is 10.4 Å². The Morgan fingerprint density at radius 2 is 2.26 bits per heavy atom. The smallest absolute Gasteiger partial charge is 0.339 e. The summed E-state index contributed by atoms with van der Waals surface area (Å²) in [5, 5.41) is 9.14. The molecule has 1 fully saturated rings. The third-order valence-corrected chi connectivity index (χ3v) is 4.19.